The number of hydrogen-bond donors (Lipinski definition) is 0. The summed E-state index contributed by atoms with van der Waals surface area (Å²) in [6, 6.07) is 18.6. The van der Waals surface area contributed by atoms with Crippen molar-refractivity contribution in [1.82, 2.24) is 0 Å². The SMILES string of the molecule is CC[C@]1(C(=O)c2ccc(C)cc2)[C@@H]2c3c(ccc4ccccc34)OC(=O)[C@@]21C(=O)OC. The van der Waals surface area contributed by atoms with E-state index in [1.807, 2.05) is 56.3 Å². The largest absolute Gasteiger partial charge is 0.468 e. The normalized spacial score (nSPS) is 25.9. The monoisotopic (exact) mass is 414 g/mol. The number of aryl methyl sites for hydroxylation is 1. The zero-order valence-electron chi connectivity index (χ0n) is 17.6. The number of fused-ring (bicyclic) bond motifs is 5. The Hall–Kier alpha value is -3.47. The van der Waals surface area contributed by atoms with Gasteiger partial charge in [-0.1, -0.05) is 67.1 Å². The number of methoxy groups -OCH3 is 1. The predicted molar refractivity (Wildman–Crippen MR) is 115 cm³/mol. The second-order valence-electron chi connectivity index (χ2n) is 8.34. The lowest BCUT2D eigenvalue weighted by atomic mass is 9.83. The molecule has 1 fully saturated rings. The molecule has 0 amide bonds. The Bertz CT molecular complexity index is 1260. The summed E-state index contributed by atoms with van der Waals surface area (Å²) in [6.45, 7) is 3.78. The molecule has 156 valence electrons. The summed E-state index contributed by atoms with van der Waals surface area (Å²) in [4.78, 5) is 40.5. The van der Waals surface area contributed by atoms with Crippen molar-refractivity contribution in [3.63, 3.8) is 0 Å². The van der Waals surface area contributed by atoms with Crippen LogP contribution in [-0.2, 0) is 14.3 Å². The maximum absolute atomic E-state index is 13.9. The van der Waals surface area contributed by atoms with E-state index in [1.54, 1.807) is 18.2 Å². The molecule has 1 saturated carbocycles. The third kappa shape index (κ3) is 2.23. The zero-order valence-corrected chi connectivity index (χ0v) is 17.6. The molecule has 0 saturated heterocycles. The zero-order chi connectivity index (χ0) is 22.0. The van der Waals surface area contributed by atoms with Crippen molar-refractivity contribution in [1.29, 1.82) is 0 Å². The summed E-state index contributed by atoms with van der Waals surface area (Å²) in [5.74, 6) is -1.91. The first kappa shape index (κ1) is 19.5. The first-order valence-electron chi connectivity index (χ1n) is 10.4. The van der Waals surface area contributed by atoms with Crippen molar-refractivity contribution in [2.24, 2.45) is 10.8 Å². The first-order valence-corrected chi connectivity index (χ1v) is 10.4. The molecule has 5 nitrogen and oxygen atoms in total. The van der Waals surface area contributed by atoms with Crippen LogP contribution in [0.25, 0.3) is 10.8 Å². The van der Waals surface area contributed by atoms with Gasteiger partial charge in [-0.15, -0.1) is 0 Å². The minimum atomic E-state index is -1.68. The lowest BCUT2D eigenvalue weighted by Gasteiger charge is -2.23. The van der Waals surface area contributed by atoms with E-state index in [1.165, 1.54) is 7.11 Å². The number of ketones is 1. The number of rotatable bonds is 4. The molecule has 3 aromatic carbocycles. The minimum absolute atomic E-state index is 0.233. The molecule has 0 spiro atoms. The molecule has 2 aliphatic rings. The van der Waals surface area contributed by atoms with Gasteiger partial charge in [0.25, 0.3) is 0 Å². The van der Waals surface area contributed by atoms with Crippen molar-refractivity contribution in [3.05, 3.63) is 77.4 Å². The molecule has 31 heavy (non-hydrogen) atoms. The second kappa shape index (κ2) is 6.51. The van der Waals surface area contributed by atoms with Crippen molar-refractivity contribution in [3.8, 4) is 5.75 Å². The average Bonchev–Trinajstić information content (AvgIpc) is 3.44. The van der Waals surface area contributed by atoms with Crippen LogP contribution < -0.4 is 4.74 Å². The maximum Gasteiger partial charge on any atom is 0.330 e. The van der Waals surface area contributed by atoms with Crippen LogP contribution in [-0.4, -0.2) is 24.8 Å². The van der Waals surface area contributed by atoms with Gasteiger partial charge in [0, 0.05) is 17.0 Å². The van der Waals surface area contributed by atoms with Crippen LogP contribution in [0.4, 0.5) is 0 Å². The molecule has 5 heteroatoms. The van der Waals surface area contributed by atoms with Gasteiger partial charge in [0.05, 0.1) is 12.5 Å². The molecule has 0 bridgehead atoms. The van der Waals surface area contributed by atoms with E-state index in [2.05, 4.69) is 0 Å². The van der Waals surface area contributed by atoms with E-state index in [0.717, 1.165) is 21.9 Å². The van der Waals surface area contributed by atoms with Gasteiger partial charge < -0.3 is 9.47 Å². The molecule has 0 N–H and O–H groups in total. The lowest BCUT2D eigenvalue weighted by molar-refractivity contribution is -0.160. The molecule has 5 rings (SSSR count). The van der Waals surface area contributed by atoms with Gasteiger partial charge >= 0.3 is 11.9 Å². The Morgan fingerprint density at radius 1 is 1.03 bits per heavy atom. The Kier molecular flexibility index (Phi) is 4.09. The van der Waals surface area contributed by atoms with Crippen LogP contribution in [0.3, 0.4) is 0 Å². The fourth-order valence-electron chi connectivity index (χ4n) is 5.60. The van der Waals surface area contributed by atoms with E-state index in [4.69, 9.17) is 9.47 Å². The van der Waals surface area contributed by atoms with Crippen molar-refractivity contribution < 1.29 is 23.9 Å². The predicted octanol–water partition coefficient (Wildman–Crippen LogP) is 4.60. The van der Waals surface area contributed by atoms with Crippen LogP contribution in [0.1, 0.15) is 40.7 Å². The van der Waals surface area contributed by atoms with E-state index < -0.39 is 28.7 Å². The Labute approximate surface area is 180 Å². The average molecular weight is 414 g/mol. The lowest BCUT2D eigenvalue weighted by Crippen LogP contribution is -2.40. The third-order valence-corrected chi connectivity index (χ3v) is 7.07. The summed E-state index contributed by atoms with van der Waals surface area (Å²) in [6.07, 6.45) is 0.303. The molecule has 1 heterocycles. The van der Waals surface area contributed by atoms with Crippen LogP contribution in [0.5, 0.6) is 5.75 Å². The number of benzene rings is 3. The number of carbonyl (C=O) groups is 3. The van der Waals surface area contributed by atoms with E-state index in [0.29, 0.717) is 17.7 Å². The van der Waals surface area contributed by atoms with Gasteiger partial charge in [0.1, 0.15) is 5.75 Å². The third-order valence-electron chi connectivity index (χ3n) is 7.07. The molecule has 1 aliphatic carbocycles. The molecular formula is C26H22O5. The summed E-state index contributed by atoms with van der Waals surface area (Å²) in [7, 11) is 1.25. The summed E-state index contributed by atoms with van der Waals surface area (Å²) in [5.41, 5.74) is -0.726. The highest BCUT2D eigenvalue weighted by Gasteiger charge is 2.90. The fourth-order valence-corrected chi connectivity index (χ4v) is 5.60. The smallest absolute Gasteiger partial charge is 0.330 e. The molecule has 1 aliphatic heterocycles. The molecule has 0 unspecified atom stereocenters. The minimum Gasteiger partial charge on any atom is -0.468 e. The van der Waals surface area contributed by atoms with Crippen molar-refractivity contribution in [2.45, 2.75) is 26.2 Å². The summed E-state index contributed by atoms with van der Waals surface area (Å²) in [5, 5.41) is 1.83. The summed E-state index contributed by atoms with van der Waals surface area (Å²) >= 11 is 0. The van der Waals surface area contributed by atoms with Crippen LogP contribution in [0, 0.1) is 17.8 Å². The molecule has 3 atom stereocenters. The number of carbonyl (C=O) groups excluding carboxylic acids is 3. The second-order valence-corrected chi connectivity index (χ2v) is 8.34. The Morgan fingerprint density at radius 2 is 1.74 bits per heavy atom. The molecule has 0 radical (unpaired) electrons. The van der Waals surface area contributed by atoms with Crippen LogP contribution in [0.15, 0.2) is 60.7 Å². The maximum atomic E-state index is 13.9. The summed E-state index contributed by atoms with van der Waals surface area (Å²) < 4.78 is 10.8. The fraction of sp³-hybridized carbons (Fsp3) is 0.269. The highest BCUT2D eigenvalue weighted by atomic mass is 16.6. The molecule has 0 aromatic heterocycles. The van der Waals surface area contributed by atoms with Gasteiger partial charge in [-0.05, 0) is 30.2 Å². The molecule has 3 aromatic rings. The quantitative estimate of drug-likeness (QED) is 0.270. The number of ether oxygens (including phenoxy) is 2. The highest BCUT2D eigenvalue weighted by molar-refractivity contribution is 6.21. The van der Waals surface area contributed by atoms with Gasteiger partial charge in [-0.3, -0.25) is 14.4 Å². The van der Waals surface area contributed by atoms with Gasteiger partial charge in [-0.25, -0.2) is 0 Å². The van der Waals surface area contributed by atoms with Crippen molar-refractivity contribution in [2.75, 3.05) is 7.11 Å². The standard InChI is InChI=1S/C26H22O5/c1-4-25(22(27)17-11-9-15(2)10-12-17)21-20-18-8-6-5-7-16(18)13-14-19(20)31-24(29)26(21,25)23(28)30-3/h5-14,21H,4H2,1-3H3/t21-,25+,26-/m0/s1. The Balaban J connectivity index is 1.81. The number of Topliss-reactive ketones (excluding diaryl/α,β-unsaturated/α-hetero) is 1. The topological polar surface area (TPSA) is 69.7 Å². The van der Waals surface area contributed by atoms with Gasteiger partial charge in [0.15, 0.2) is 11.2 Å². The van der Waals surface area contributed by atoms with E-state index in [9.17, 15) is 14.4 Å². The van der Waals surface area contributed by atoms with Crippen LogP contribution >= 0.6 is 0 Å². The van der Waals surface area contributed by atoms with E-state index >= 15 is 0 Å². The van der Waals surface area contributed by atoms with Crippen LogP contribution in [0.2, 0.25) is 0 Å². The molecular weight excluding hydrogens is 392 g/mol. The van der Waals surface area contributed by atoms with Gasteiger partial charge in [-0.2, -0.15) is 0 Å². The number of hydrogen-bond acceptors (Lipinski definition) is 5. The number of esters is 2. The first-order chi connectivity index (χ1) is 14.9. The van der Waals surface area contributed by atoms with E-state index in [-0.39, 0.29) is 5.78 Å². The van der Waals surface area contributed by atoms with Gasteiger partial charge in [0.2, 0.25) is 0 Å². The highest BCUT2D eigenvalue weighted by Crippen LogP contribution is 2.80. The Morgan fingerprint density at radius 3 is 2.42 bits per heavy atom. The van der Waals surface area contributed by atoms with Crippen molar-refractivity contribution >= 4 is 28.5 Å².